The van der Waals surface area contributed by atoms with Crippen LogP contribution in [-0.4, -0.2) is 21.9 Å². The summed E-state index contributed by atoms with van der Waals surface area (Å²) in [5, 5.41) is 7.08. The van der Waals surface area contributed by atoms with Crippen LogP contribution in [0.2, 0.25) is 0 Å². The zero-order valence-corrected chi connectivity index (χ0v) is 17.1. The number of nitrogens with one attached hydrogen (secondary N) is 1. The third kappa shape index (κ3) is 3.87. The van der Waals surface area contributed by atoms with E-state index in [9.17, 15) is 13.6 Å². The molecule has 5 nitrogen and oxygen atoms in total. The fourth-order valence-corrected chi connectivity index (χ4v) is 5.00. The highest BCUT2D eigenvalue weighted by Crippen LogP contribution is 2.38. The quantitative estimate of drug-likeness (QED) is 0.573. The minimum absolute atomic E-state index is 0.129. The predicted molar refractivity (Wildman–Crippen MR) is 107 cm³/mol. The second-order valence-corrected chi connectivity index (χ2v) is 8.67. The highest BCUT2D eigenvalue weighted by atomic mass is 79.9. The predicted octanol–water partition coefficient (Wildman–Crippen LogP) is 3.86. The van der Waals surface area contributed by atoms with Gasteiger partial charge in [0.15, 0.2) is 0 Å². The first-order valence-electron chi connectivity index (χ1n) is 8.76. The van der Waals surface area contributed by atoms with Crippen LogP contribution in [0.3, 0.4) is 0 Å². The van der Waals surface area contributed by atoms with Crippen LogP contribution in [0.1, 0.15) is 26.5 Å². The molecule has 0 fully saturated rings. The molecule has 4 rings (SSSR count). The minimum atomic E-state index is -0.757. The number of rotatable bonds is 4. The van der Waals surface area contributed by atoms with Crippen molar-refractivity contribution in [2.45, 2.75) is 32.0 Å². The van der Waals surface area contributed by atoms with E-state index in [0.717, 1.165) is 46.1 Å². The first-order valence-corrected chi connectivity index (χ1v) is 10.4. The monoisotopic (exact) mass is 466 g/mol. The van der Waals surface area contributed by atoms with Gasteiger partial charge < -0.3 is 11.1 Å². The number of nitrogens with two attached hydrogens (primary N) is 1. The van der Waals surface area contributed by atoms with Crippen molar-refractivity contribution in [3.63, 3.8) is 0 Å². The lowest BCUT2D eigenvalue weighted by molar-refractivity contribution is 0.0942. The molecule has 3 aromatic rings. The van der Waals surface area contributed by atoms with Gasteiger partial charge in [-0.05, 0) is 52.5 Å². The average Bonchev–Trinajstić information content (AvgIpc) is 3.13. The molecule has 0 radical (unpaired) electrons. The number of carbonyl (C=O) groups is 1. The number of aryl methyl sites for hydroxylation is 2. The van der Waals surface area contributed by atoms with Crippen molar-refractivity contribution >= 4 is 33.2 Å². The van der Waals surface area contributed by atoms with Crippen molar-refractivity contribution in [2.75, 3.05) is 0 Å². The Labute approximate surface area is 172 Å². The molecule has 0 saturated carbocycles. The van der Waals surface area contributed by atoms with Gasteiger partial charge >= 0.3 is 0 Å². The Morgan fingerprint density at radius 2 is 2.07 bits per heavy atom. The summed E-state index contributed by atoms with van der Waals surface area (Å²) in [6.07, 6.45) is 2.95. The van der Waals surface area contributed by atoms with Gasteiger partial charge in [0.2, 0.25) is 0 Å². The van der Waals surface area contributed by atoms with E-state index in [4.69, 9.17) is 5.73 Å². The fraction of sp³-hybridized carbons (Fsp3) is 0.263. The smallest absolute Gasteiger partial charge is 0.262 e. The molecule has 0 saturated heterocycles. The SMILES string of the molecule is N[C@H](Cc1cc(F)cc(F)c1)NC(=O)c1cc2c(s1)CCCn1ncc(Br)c1-2. The van der Waals surface area contributed by atoms with E-state index >= 15 is 0 Å². The molecular formula is C19H17BrF2N4OS. The van der Waals surface area contributed by atoms with Crippen LogP contribution in [0.4, 0.5) is 8.78 Å². The van der Waals surface area contributed by atoms with Crippen LogP contribution in [0.25, 0.3) is 11.3 Å². The summed E-state index contributed by atoms with van der Waals surface area (Å²) >= 11 is 4.97. The Morgan fingerprint density at radius 1 is 1.32 bits per heavy atom. The summed E-state index contributed by atoms with van der Waals surface area (Å²) < 4.78 is 29.5. The van der Waals surface area contributed by atoms with Gasteiger partial charge in [0.05, 0.1) is 27.4 Å². The summed E-state index contributed by atoms with van der Waals surface area (Å²) in [4.78, 5) is 14.3. The molecule has 28 heavy (non-hydrogen) atoms. The lowest BCUT2D eigenvalue weighted by Crippen LogP contribution is -2.42. The molecule has 3 heterocycles. The van der Waals surface area contributed by atoms with Crippen molar-refractivity contribution in [1.29, 1.82) is 0 Å². The van der Waals surface area contributed by atoms with E-state index in [0.29, 0.717) is 10.4 Å². The molecule has 9 heteroatoms. The van der Waals surface area contributed by atoms with Crippen LogP contribution >= 0.6 is 27.3 Å². The number of amides is 1. The van der Waals surface area contributed by atoms with Gasteiger partial charge in [-0.1, -0.05) is 0 Å². The van der Waals surface area contributed by atoms with Gasteiger partial charge in [0.1, 0.15) is 11.6 Å². The van der Waals surface area contributed by atoms with E-state index in [2.05, 4.69) is 26.3 Å². The maximum absolute atomic E-state index is 13.3. The topological polar surface area (TPSA) is 72.9 Å². The second-order valence-electron chi connectivity index (χ2n) is 6.68. The third-order valence-electron chi connectivity index (χ3n) is 4.55. The number of aromatic nitrogens is 2. The molecule has 0 spiro atoms. The zero-order valence-electron chi connectivity index (χ0n) is 14.7. The summed E-state index contributed by atoms with van der Waals surface area (Å²) in [5.41, 5.74) is 8.34. The van der Waals surface area contributed by atoms with E-state index < -0.39 is 17.8 Å². The number of carbonyl (C=O) groups excluding carboxylic acids is 1. The van der Waals surface area contributed by atoms with Gasteiger partial charge in [-0.3, -0.25) is 9.48 Å². The number of fused-ring (bicyclic) bond motifs is 3. The second kappa shape index (κ2) is 7.73. The minimum Gasteiger partial charge on any atom is -0.336 e. The largest absolute Gasteiger partial charge is 0.336 e. The highest BCUT2D eigenvalue weighted by Gasteiger charge is 2.23. The Hall–Kier alpha value is -2.10. The van der Waals surface area contributed by atoms with E-state index in [1.807, 2.05) is 10.7 Å². The van der Waals surface area contributed by atoms with Gasteiger partial charge in [-0.2, -0.15) is 5.10 Å². The zero-order chi connectivity index (χ0) is 19.8. The number of thiophene rings is 1. The van der Waals surface area contributed by atoms with Gasteiger partial charge in [0.25, 0.3) is 5.91 Å². The van der Waals surface area contributed by atoms with Crippen molar-refractivity contribution < 1.29 is 13.6 Å². The molecule has 0 bridgehead atoms. The molecule has 1 aliphatic heterocycles. The normalized spacial score (nSPS) is 14.1. The van der Waals surface area contributed by atoms with Crippen LogP contribution in [0, 0.1) is 11.6 Å². The number of hydrogen-bond donors (Lipinski definition) is 2. The maximum Gasteiger partial charge on any atom is 0.262 e. The van der Waals surface area contributed by atoms with Crippen LogP contribution < -0.4 is 11.1 Å². The van der Waals surface area contributed by atoms with E-state index in [1.54, 1.807) is 6.20 Å². The molecule has 0 aliphatic carbocycles. The lowest BCUT2D eigenvalue weighted by atomic mass is 10.1. The van der Waals surface area contributed by atoms with E-state index in [-0.39, 0.29) is 12.3 Å². The molecule has 1 aliphatic rings. The van der Waals surface area contributed by atoms with Crippen LogP contribution in [-0.2, 0) is 19.4 Å². The molecule has 1 atom stereocenters. The molecule has 3 N–H and O–H groups in total. The lowest BCUT2D eigenvalue weighted by Gasteiger charge is -2.13. The first-order chi connectivity index (χ1) is 13.4. The van der Waals surface area contributed by atoms with Crippen LogP contribution in [0.15, 0.2) is 34.9 Å². The maximum atomic E-state index is 13.3. The molecule has 0 unspecified atom stereocenters. The summed E-state index contributed by atoms with van der Waals surface area (Å²) in [5.74, 6) is -1.64. The summed E-state index contributed by atoms with van der Waals surface area (Å²) in [6.45, 7) is 0.832. The third-order valence-corrected chi connectivity index (χ3v) is 6.32. The average molecular weight is 467 g/mol. The van der Waals surface area contributed by atoms with Crippen molar-refractivity contribution in [2.24, 2.45) is 5.73 Å². The fourth-order valence-electron chi connectivity index (χ4n) is 3.39. The summed E-state index contributed by atoms with van der Waals surface area (Å²) in [7, 11) is 0. The summed E-state index contributed by atoms with van der Waals surface area (Å²) in [6, 6.07) is 5.07. The van der Waals surface area contributed by atoms with Gasteiger partial charge in [-0.25, -0.2) is 8.78 Å². The number of benzene rings is 1. The number of halogens is 3. The number of nitrogens with zero attached hydrogens (tertiary/aromatic N) is 2. The Kier molecular flexibility index (Phi) is 5.31. The number of hydrogen-bond acceptors (Lipinski definition) is 4. The van der Waals surface area contributed by atoms with Gasteiger partial charge in [-0.15, -0.1) is 11.3 Å². The van der Waals surface area contributed by atoms with E-state index in [1.165, 1.54) is 23.5 Å². The molecule has 1 amide bonds. The van der Waals surface area contributed by atoms with Crippen molar-refractivity contribution in [1.82, 2.24) is 15.1 Å². The van der Waals surface area contributed by atoms with Crippen molar-refractivity contribution in [3.05, 3.63) is 61.9 Å². The Balaban J connectivity index is 1.51. The molecular weight excluding hydrogens is 450 g/mol. The first kappa shape index (κ1) is 19.2. The van der Waals surface area contributed by atoms with Gasteiger partial charge in [0, 0.05) is 29.5 Å². The molecule has 1 aromatic carbocycles. The molecule has 2 aromatic heterocycles. The van der Waals surface area contributed by atoms with Crippen LogP contribution in [0.5, 0.6) is 0 Å². The van der Waals surface area contributed by atoms with Crippen molar-refractivity contribution in [3.8, 4) is 11.3 Å². The Morgan fingerprint density at radius 3 is 2.82 bits per heavy atom. The standard InChI is InChI=1S/C19H17BrF2N4OS/c20-14-9-24-26-3-1-2-15-13(18(14)26)8-16(28-15)19(27)25-17(23)6-10-4-11(21)7-12(22)5-10/h4-5,7-9,17H,1-3,6,23H2,(H,25,27)/t17-/m0/s1. The molecule has 146 valence electrons. The Bertz CT molecular complexity index is 1030. The highest BCUT2D eigenvalue weighted by molar-refractivity contribution is 9.10.